The molecule has 4 rings (SSSR count). The van der Waals surface area contributed by atoms with E-state index in [2.05, 4.69) is 4.90 Å². The highest BCUT2D eigenvalue weighted by Gasteiger charge is 2.43. The molecule has 6 nitrogen and oxygen atoms in total. The van der Waals surface area contributed by atoms with E-state index in [-0.39, 0.29) is 11.4 Å². The van der Waals surface area contributed by atoms with Gasteiger partial charge in [0, 0.05) is 31.2 Å². The van der Waals surface area contributed by atoms with Crippen molar-refractivity contribution < 1.29 is 19.4 Å². The molecular weight excluding hydrogens is 412 g/mol. The lowest BCUT2D eigenvalue weighted by Crippen LogP contribution is -2.43. The molecule has 0 aliphatic carbocycles. The first-order valence-corrected chi connectivity index (χ1v) is 10.7. The Bertz CT molecular complexity index is 921. The quantitative estimate of drug-likeness (QED) is 0.709. The molecule has 2 aliphatic heterocycles. The Labute approximate surface area is 177 Å². The molecule has 1 aromatic carbocycles. The van der Waals surface area contributed by atoms with Crippen LogP contribution in [0.1, 0.15) is 21.3 Å². The van der Waals surface area contributed by atoms with E-state index in [1.54, 1.807) is 46.7 Å². The summed E-state index contributed by atoms with van der Waals surface area (Å²) in [6.07, 6.45) is 0. The van der Waals surface area contributed by atoms with Crippen LogP contribution in [0.3, 0.4) is 0 Å². The lowest BCUT2D eigenvalue weighted by molar-refractivity contribution is -0.129. The van der Waals surface area contributed by atoms with E-state index >= 15 is 0 Å². The zero-order chi connectivity index (χ0) is 20.4. The maximum Gasteiger partial charge on any atom is 0.290 e. The number of aliphatic hydroxyl groups is 1. The van der Waals surface area contributed by atoms with Crippen LogP contribution in [-0.4, -0.2) is 66.0 Å². The number of carbonyl (C=O) groups is 2. The molecular formula is C21H21ClN2O4S. The van der Waals surface area contributed by atoms with Gasteiger partial charge in [-0.2, -0.15) is 0 Å². The van der Waals surface area contributed by atoms with Crippen molar-refractivity contribution in [1.29, 1.82) is 0 Å². The molecule has 1 N–H and O–H groups in total. The number of halogens is 1. The molecule has 0 bridgehead atoms. The van der Waals surface area contributed by atoms with Crippen molar-refractivity contribution in [3.63, 3.8) is 0 Å². The average Bonchev–Trinajstić information content (AvgIpc) is 3.36. The Balaban J connectivity index is 1.66. The van der Waals surface area contributed by atoms with Crippen LogP contribution < -0.4 is 0 Å². The maximum atomic E-state index is 13.1. The molecule has 3 heterocycles. The van der Waals surface area contributed by atoms with Crippen LogP contribution in [0.25, 0.3) is 0 Å². The van der Waals surface area contributed by atoms with Crippen molar-refractivity contribution in [1.82, 2.24) is 9.80 Å². The van der Waals surface area contributed by atoms with Gasteiger partial charge in [0.1, 0.15) is 0 Å². The molecule has 8 heteroatoms. The number of nitrogens with zero attached hydrogens (tertiary/aromatic N) is 2. The normalized spacial score (nSPS) is 20.5. The number of amides is 1. The summed E-state index contributed by atoms with van der Waals surface area (Å²) in [6, 6.07) is 9.88. The van der Waals surface area contributed by atoms with Gasteiger partial charge in [-0.25, -0.2) is 0 Å². The Morgan fingerprint density at radius 1 is 1.17 bits per heavy atom. The molecule has 0 unspecified atom stereocenters. The third-order valence-electron chi connectivity index (χ3n) is 5.24. The number of hydrogen-bond acceptors (Lipinski definition) is 6. The Hall–Kier alpha value is -2.19. The smallest absolute Gasteiger partial charge is 0.290 e. The number of aliphatic hydroxyl groups excluding tert-OH is 1. The van der Waals surface area contributed by atoms with E-state index in [0.717, 1.165) is 18.7 Å². The molecule has 1 amide bonds. The van der Waals surface area contributed by atoms with Gasteiger partial charge in [0.2, 0.25) is 5.78 Å². The van der Waals surface area contributed by atoms with E-state index < -0.39 is 17.7 Å². The molecule has 0 radical (unpaired) electrons. The first kappa shape index (κ1) is 20.1. The number of benzene rings is 1. The zero-order valence-corrected chi connectivity index (χ0v) is 17.3. The molecule has 152 valence electrons. The number of rotatable bonds is 6. The maximum absolute atomic E-state index is 13.1. The molecule has 0 spiro atoms. The van der Waals surface area contributed by atoms with E-state index in [1.807, 2.05) is 0 Å². The van der Waals surface area contributed by atoms with E-state index in [1.165, 1.54) is 11.3 Å². The zero-order valence-electron chi connectivity index (χ0n) is 15.7. The minimum absolute atomic E-state index is 0.127. The van der Waals surface area contributed by atoms with Crippen molar-refractivity contribution >= 4 is 34.6 Å². The number of hydrogen-bond donors (Lipinski definition) is 1. The average molecular weight is 433 g/mol. The van der Waals surface area contributed by atoms with Crippen LogP contribution in [0, 0.1) is 0 Å². The van der Waals surface area contributed by atoms with Gasteiger partial charge in [-0.1, -0.05) is 29.8 Å². The summed E-state index contributed by atoms with van der Waals surface area (Å²) in [4.78, 5) is 30.3. The SMILES string of the molecule is O=C(C1=C(O)C(=O)N(CCN2CCOCC2)[C@H]1c1ccc(Cl)cc1)c1cccs1. The van der Waals surface area contributed by atoms with Crippen molar-refractivity contribution in [2.45, 2.75) is 6.04 Å². The third kappa shape index (κ3) is 4.09. The van der Waals surface area contributed by atoms with Crippen molar-refractivity contribution in [2.75, 3.05) is 39.4 Å². The molecule has 0 saturated carbocycles. The summed E-state index contributed by atoms with van der Waals surface area (Å²) in [6.45, 7) is 3.98. The Morgan fingerprint density at radius 3 is 2.55 bits per heavy atom. The van der Waals surface area contributed by atoms with Crippen LogP contribution in [0.5, 0.6) is 0 Å². The van der Waals surface area contributed by atoms with Crippen molar-refractivity contribution in [2.24, 2.45) is 0 Å². The summed E-state index contributed by atoms with van der Waals surface area (Å²) < 4.78 is 5.37. The van der Waals surface area contributed by atoms with Crippen LogP contribution in [0.2, 0.25) is 5.02 Å². The van der Waals surface area contributed by atoms with E-state index in [4.69, 9.17) is 16.3 Å². The molecule has 1 atom stereocenters. The highest BCUT2D eigenvalue weighted by atomic mass is 35.5. The summed E-state index contributed by atoms with van der Waals surface area (Å²) in [5.41, 5.74) is 0.871. The fourth-order valence-electron chi connectivity index (χ4n) is 3.72. The molecule has 1 fully saturated rings. The molecule has 1 saturated heterocycles. The van der Waals surface area contributed by atoms with Gasteiger partial charge >= 0.3 is 0 Å². The van der Waals surface area contributed by atoms with Gasteiger partial charge in [0.25, 0.3) is 5.91 Å². The fourth-order valence-corrected chi connectivity index (χ4v) is 4.53. The van der Waals surface area contributed by atoms with Gasteiger partial charge < -0.3 is 14.7 Å². The Morgan fingerprint density at radius 2 is 1.90 bits per heavy atom. The minimum atomic E-state index is -0.643. The summed E-state index contributed by atoms with van der Waals surface area (Å²) in [7, 11) is 0. The second kappa shape index (κ2) is 8.67. The molecule has 2 aromatic rings. The number of carbonyl (C=O) groups excluding carboxylic acids is 2. The molecule has 29 heavy (non-hydrogen) atoms. The lowest BCUT2D eigenvalue weighted by Gasteiger charge is -2.31. The van der Waals surface area contributed by atoms with Crippen LogP contribution >= 0.6 is 22.9 Å². The van der Waals surface area contributed by atoms with Gasteiger partial charge in [-0.05, 0) is 29.1 Å². The Kier molecular flexibility index (Phi) is 6.01. The predicted octanol–water partition coefficient (Wildman–Crippen LogP) is 3.31. The summed E-state index contributed by atoms with van der Waals surface area (Å²) >= 11 is 7.32. The van der Waals surface area contributed by atoms with Crippen LogP contribution in [0.15, 0.2) is 53.1 Å². The number of thiophene rings is 1. The topological polar surface area (TPSA) is 70.1 Å². The number of ketones is 1. The largest absolute Gasteiger partial charge is 0.503 e. The van der Waals surface area contributed by atoms with Crippen molar-refractivity contribution in [3.8, 4) is 0 Å². The van der Waals surface area contributed by atoms with Crippen LogP contribution in [0.4, 0.5) is 0 Å². The molecule has 1 aromatic heterocycles. The lowest BCUT2D eigenvalue weighted by atomic mass is 9.95. The number of morpholine rings is 1. The minimum Gasteiger partial charge on any atom is -0.503 e. The van der Waals surface area contributed by atoms with Crippen LogP contribution in [-0.2, 0) is 9.53 Å². The van der Waals surface area contributed by atoms with Gasteiger partial charge in [-0.3, -0.25) is 14.5 Å². The predicted molar refractivity (Wildman–Crippen MR) is 111 cm³/mol. The van der Waals surface area contributed by atoms with Gasteiger partial charge in [0.15, 0.2) is 5.76 Å². The summed E-state index contributed by atoms with van der Waals surface area (Å²) in [5.74, 6) is -1.30. The highest BCUT2D eigenvalue weighted by molar-refractivity contribution is 7.12. The number of ether oxygens (including phenoxy) is 1. The number of Topliss-reactive ketones (excluding diaryl/α,β-unsaturated/α-hetero) is 1. The summed E-state index contributed by atoms with van der Waals surface area (Å²) in [5, 5.41) is 13.0. The molecule has 2 aliphatic rings. The first-order chi connectivity index (χ1) is 14.1. The monoisotopic (exact) mass is 432 g/mol. The van der Waals surface area contributed by atoms with E-state index in [9.17, 15) is 14.7 Å². The second-order valence-corrected chi connectivity index (χ2v) is 8.36. The van der Waals surface area contributed by atoms with E-state index in [0.29, 0.717) is 36.2 Å². The highest BCUT2D eigenvalue weighted by Crippen LogP contribution is 2.39. The first-order valence-electron chi connectivity index (χ1n) is 9.44. The standard InChI is InChI=1S/C21H21ClN2O4S/c22-15-5-3-14(4-6-15)18-17(19(25)16-2-1-13-29-16)20(26)21(27)24(18)8-7-23-9-11-28-12-10-23/h1-6,13,18,26H,7-12H2/t18-/m0/s1. The third-order valence-corrected chi connectivity index (χ3v) is 6.36. The van der Waals surface area contributed by atoms with Gasteiger partial charge in [-0.15, -0.1) is 11.3 Å². The fraction of sp³-hybridized carbons (Fsp3) is 0.333. The second-order valence-electron chi connectivity index (χ2n) is 6.98. The van der Waals surface area contributed by atoms with Crippen molar-refractivity contribution in [3.05, 3.63) is 68.6 Å². The van der Waals surface area contributed by atoms with Gasteiger partial charge in [0.05, 0.1) is 29.7 Å².